The van der Waals surface area contributed by atoms with Crippen molar-refractivity contribution in [1.29, 1.82) is 0 Å². The second kappa shape index (κ2) is 6.64. The van der Waals surface area contributed by atoms with Crippen molar-refractivity contribution >= 4 is 11.6 Å². The number of hydrogen-bond acceptors (Lipinski definition) is 5. The van der Waals surface area contributed by atoms with Gasteiger partial charge in [-0.2, -0.15) is 0 Å². The Labute approximate surface area is 123 Å². The number of nitrogens with zero attached hydrogens (tertiary/aromatic N) is 2. The number of likely N-dealkylation sites (N-methyl/N-ethyl adjacent to an activating group) is 1. The highest BCUT2D eigenvalue weighted by Crippen LogP contribution is 2.21. The smallest absolute Gasteiger partial charge is 0.274 e. The summed E-state index contributed by atoms with van der Waals surface area (Å²) in [5.41, 5.74) is 0.559. The molecule has 0 aromatic heterocycles. The molecule has 2 unspecified atom stereocenters. The van der Waals surface area contributed by atoms with Crippen LogP contribution >= 0.6 is 0 Å². The lowest BCUT2D eigenvalue weighted by Gasteiger charge is -2.23. The Balaban J connectivity index is 2.09. The predicted octanol–water partition coefficient (Wildman–Crippen LogP) is 0.788. The lowest BCUT2D eigenvalue weighted by atomic mass is 10.0. The molecule has 1 amide bonds. The fourth-order valence-electron chi connectivity index (χ4n) is 2.52. The third-order valence-electron chi connectivity index (χ3n) is 3.74. The monoisotopic (exact) mass is 293 g/mol. The van der Waals surface area contributed by atoms with Gasteiger partial charge in [0.2, 0.25) is 5.91 Å². The molecular weight excluding hydrogens is 274 g/mol. The van der Waals surface area contributed by atoms with Crippen LogP contribution in [0.2, 0.25) is 0 Å². The van der Waals surface area contributed by atoms with Crippen molar-refractivity contribution in [2.45, 2.75) is 12.6 Å². The molecule has 2 rings (SSSR count). The summed E-state index contributed by atoms with van der Waals surface area (Å²) in [6.07, 6.45) is 0. The van der Waals surface area contributed by atoms with Crippen LogP contribution in [-0.2, 0) is 16.1 Å². The maximum absolute atomic E-state index is 12.4. The van der Waals surface area contributed by atoms with Crippen LogP contribution < -0.4 is 5.32 Å². The minimum Gasteiger partial charge on any atom is -0.379 e. The first-order chi connectivity index (χ1) is 10.0. The Morgan fingerprint density at radius 1 is 1.48 bits per heavy atom. The predicted molar refractivity (Wildman–Crippen MR) is 76.7 cm³/mol. The van der Waals surface area contributed by atoms with Crippen LogP contribution in [0.5, 0.6) is 0 Å². The van der Waals surface area contributed by atoms with E-state index in [4.69, 9.17) is 4.74 Å². The zero-order valence-electron chi connectivity index (χ0n) is 12.1. The van der Waals surface area contributed by atoms with Gasteiger partial charge in [-0.25, -0.2) is 0 Å². The third kappa shape index (κ3) is 3.37. The van der Waals surface area contributed by atoms with Crippen molar-refractivity contribution in [3.05, 3.63) is 39.9 Å². The number of benzene rings is 1. The molecule has 114 valence electrons. The van der Waals surface area contributed by atoms with Crippen LogP contribution in [0.15, 0.2) is 24.3 Å². The topological polar surface area (TPSA) is 84.7 Å². The maximum atomic E-state index is 12.4. The number of carbonyl (C=O) groups is 1. The SMILES string of the molecule is CNC1COCC1C(=O)N(C)Cc1ccccc1[N+](=O)[O-]. The van der Waals surface area contributed by atoms with E-state index in [0.29, 0.717) is 18.8 Å². The summed E-state index contributed by atoms with van der Waals surface area (Å²) >= 11 is 0. The van der Waals surface area contributed by atoms with E-state index in [2.05, 4.69) is 5.32 Å². The first kappa shape index (κ1) is 15.4. The number of para-hydroxylation sites is 1. The molecule has 1 aromatic carbocycles. The number of ether oxygens (including phenoxy) is 1. The van der Waals surface area contributed by atoms with E-state index in [1.54, 1.807) is 32.3 Å². The fraction of sp³-hybridized carbons (Fsp3) is 0.500. The van der Waals surface area contributed by atoms with Gasteiger partial charge in [0.15, 0.2) is 0 Å². The number of hydrogen-bond donors (Lipinski definition) is 1. The molecule has 1 aliphatic heterocycles. The Hall–Kier alpha value is -1.99. The van der Waals surface area contributed by atoms with Crippen molar-refractivity contribution in [1.82, 2.24) is 10.2 Å². The molecular formula is C14H19N3O4. The van der Waals surface area contributed by atoms with Crippen molar-refractivity contribution in [3.8, 4) is 0 Å². The van der Waals surface area contributed by atoms with Crippen LogP contribution in [0.1, 0.15) is 5.56 Å². The summed E-state index contributed by atoms with van der Waals surface area (Å²) in [5.74, 6) is -0.312. The molecule has 0 bridgehead atoms. The van der Waals surface area contributed by atoms with E-state index >= 15 is 0 Å². The van der Waals surface area contributed by atoms with Crippen LogP contribution in [0.4, 0.5) is 5.69 Å². The third-order valence-corrected chi connectivity index (χ3v) is 3.74. The van der Waals surface area contributed by atoms with Gasteiger partial charge in [0.25, 0.3) is 5.69 Å². The molecule has 7 heteroatoms. The number of rotatable bonds is 5. The van der Waals surface area contributed by atoms with Crippen LogP contribution in [0.25, 0.3) is 0 Å². The molecule has 2 atom stereocenters. The minimum absolute atomic E-state index is 0.00860. The number of nitro benzene ring substituents is 1. The number of carbonyl (C=O) groups excluding carboxylic acids is 1. The van der Waals surface area contributed by atoms with E-state index < -0.39 is 4.92 Å². The first-order valence-electron chi connectivity index (χ1n) is 6.77. The van der Waals surface area contributed by atoms with Crippen molar-refractivity contribution < 1.29 is 14.5 Å². The van der Waals surface area contributed by atoms with E-state index in [1.807, 2.05) is 0 Å². The summed E-state index contributed by atoms with van der Waals surface area (Å²) in [6.45, 7) is 1.10. The molecule has 1 aromatic rings. The molecule has 1 fully saturated rings. The van der Waals surface area contributed by atoms with Crippen molar-refractivity contribution in [2.75, 3.05) is 27.3 Å². The lowest BCUT2D eigenvalue weighted by Crippen LogP contribution is -2.43. The molecule has 1 saturated heterocycles. The standard InChI is InChI=1S/C14H19N3O4/c1-15-12-9-21-8-11(12)14(18)16(2)7-10-5-3-4-6-13(10)17(19)20/h3-6,11-12,15H,7-9H2,1-2H3. The molecule has 0 aliphatic carbocycles. The molecule has 1 N–H and O–H groups in total. The number of nitrogens with one attached hydrogen (secondary N) is 1. The quantitative estimate of drug-likeness (QED) is 0.641. The molecule has 1 aliphatic rings. The van der Waals surface area contributed by atoms with Crippen LogP contribution in [0.3, 0.4) is 0 Å². The molecule has 1 heterocycles. The second-order valence-corrected chi connectivity index (χ2v) is 5.12. The molecule has 0 spiro atoms. The Kier molecular flexibility index (Phi) is 4.87. The van der Waals surface area contributed by atoms with E-state index in [9.17, 15) is 14.9 Å². The summed E-state index contributed by atoms with van der Waals surface area (Å²) < 4.78 is 5.33. The summed E-state index contributed by atoms with van der Waals surface area (Å²) in [7, 11) is 3.45. The van der Waals surface area contributed by atoms with Gasteiger partial charge in [0.05, 0.1) is 30.6 Å². The zero-order chi connectivity index (χ0) is 15.4. The Morgan fingerprint density at radius 2 is 2.19 bits per heavy atom. The maximum Gasteiger partial charge on any atom is 0.274 e. The van der Waals surface area contributed by atoms with E-state index in [-0.39, 0.29) is 30.1 Å². The zero-order valence-corrected chi connectivity index (χ0v) is 12.1. The van der Waals surface area contributed by atoms with Crippen LogP contribution in [-0.4, -0.2) is 49.1 Å². The lowest BCUT2D eigenvalue weighted by molar-refractivity contribution is -0.385. The fourth-order valence-corrected chi connectivity index (χ4v) is 2.52. The van der Waals surface area contributed by atoms with Crippen LogP contribution in [0, 0.1) is 16.0 Å². The highest BCUT2D eigenvalue weighted by molar-refractivity contribution is 5.80. The van der Waals surface area contributed by atoms with Gasteiger partial charge in [-0.05, 0) is 7.05 Å². The average Bonchev–Trinajstić information content (AvgIpc) is 2.95. The van der Waals surface area contributed by atoms with Crippen molar-refractivity contribution in [2.24, 2.45) is 5.92 Å². The van der Waals surface area contributed by atoms with Gasteiger partial charge in [0.1, 0.15) is 0 Å². The number of nitro groups is 1. The Bertz CT molecular complexity index is 535. The van der Waals surface area contributed by atoms with E-state index in [0.717, 1.165) is 0 Å². The average molecular weight is 293 g/mol. The minimum atomic E-state index is -0.428. The largest absolute Gasteiger partial charge is 0.379 e. The first-order valence-corrected chi connectivity index (χ1v) is 6.77. The van der Waals surface area contributed by atoms with Gasteiger partial charge in [0, 0.05) is 24.7 Å². The number of amides is 1. The second-order valence-electron chi connectivity index (χ2n) is 5.12. The molecule has 7 nitrogen and oxygen atoms in total. The highest BCUT2D eigenvalue weighted by atomic mass is 16.6. The van der Waals surface area contributed by atoms with Gasteiger partial charge < -0.3 is 15.0 Å². The molecule has 0 radical (unpaired) electrons. The van der Waals surface area contributed by atoms with Gasteiger partial charge in [-0.1, -0.05) is 18.2 Å². The highest BCUT2D eigenvalue weighted by Gasteiger charge is 2.35. The summed E-state index contributed by atoms with van der Waals surface area (Å²) in [5, 5.41) is 14.1. The van der Waals surface area contributed by atoms with Crippen molar-refractivity contribution in [3.63, 3.8) is 0 Å². The summed E-state index contributed by atoms with van der Waals surface area (Å²) in [4.78, 5) is 24.5. The normalized spacial score (nSPS) is 21.2. The van der Waals surface area contributed by atoms with Gasteiger partial charge in [-0.15, -0.1) is 0 Å². The van der Waals surface area contributed by atoms with Gasteiger partial charge in [-0.3, -0.25) is 14.9 Å². The van der Waals surface area contributed by atoms with E-state index in [1.165, 1.54) is 11.0 Å². The van der Waals surface area contributed by atoms with Gasteiger partial charge >= 0.3 is 0 Å². The Morgan fingerprint density at radius 3 is 2.86 bits per heavy atom. The summed E-state index contributed by atoms with van der Waals surface area (Å²) in [6, 6.07) is 6.46. The molecule has 21 heavy (non-hydrogen) atoms. The molecule has 0 saturated carbocycles.